The van der Waals surface area contributed by atoms with Crippen LogP contribution in [0.3, 0.4) is 0 Å². The summed E-state index contributed by atoms with van der Waals surface area (Å²) in [6.07, 6.45) is 6.63. The van der Waals surface area contributed by atoms with E-state index in [4.69, 9.17) is 0 Å². The van der Waals surface area contributed by atoms with E-state index >= 15 is 0 Å². The molecule has 0 unspecified atom stereocenters. The molecular formula is C19H15FN6O. The molecule has 1 amide bonds. The van der Waals surface area contributed by atoms with Gasteiger partial charge in [-0.05, 0) is 35.9 Å². The van der Waals surface area contributed by atoms with Gasteiger partial charge >= 0.3 is 0 Å². The number of hydrogen-bond acceptors (Lipinski definition) is 5. The van der Waals surface area contributed by atoms with E-state index in [9.17, 15) is 9.18 Å². The molecule has 2 N–H and O–H groups in total. The zero-order valence-corrected chi connectivity index (χ0v) is 14.1. The number of hydrogen-bond donors (Lipinski definition) is 2. The van der Waals surface area contributed by atoms with Crippen molar-refractivity contribution >= 4 is 23.1 Å². The summed E-state index contributed by atoms with van der Waals surface area (Å²) in [6, 6.07) is 11.3. The first kappa shape index (κ1) is 16.6. The maximum atomic E-state index is 13.3. The van der Waals surface area contributed by atoms with E-state index in [2.05, 4.69) is 25.7 Å². The average molecular weight is 362 g/mol. The van der Waals surface area contributed by atoms with Crippen LogP contribution in [0.15, 0.2) is 67.3 Å². The minimum absolute atomic E-state index is 0.296. The summed E-state index contributed by atoms with van der Waals surface area (Å²) in [4.78, 5) is 21.1. The van der Waals surface area contributed by atoms with Crippen molar-refractivity contribution in [3.8, 4) is 0 Å². The highest BCUT2D eigenvalue weighted by Crippen LogP contribution is 2.16. The van der Waals surface area contributed by atoms with Crippen LogP contribution in [0, 0.1) is 5.82 Å². The van der Waals surface area contributed by atoms with Crippen LogP contribution in [0.25, 0.3) is 5.65 Å². The van der Waals surface area contributed by atoms with Crippen molar-refractivity contribution in [2.24, 2.45) is 0 Å². The summed E-state index contributed by atoms with van der Waals surface area (Å²) in [5.74, 6) is -0.230. The summed E-state index contributed by atoms with van der Waals surface area (Å²) in [5, 5.41) is 9.99. The van der Waals surface area contributed by atoms with Crippen LogP contribution in [-0.2, 0) is 6.54 Å². The average Bonchev–Trinajstić information content (AvgIpc) is 3.10. The Balaban J connectivity index is 1.55. The fourth-order valence-electron chi connectivity index (χ4n) is 2.59. The molecule has 0 spiro atoms. The molecule has 4 aromatic rings. The van der Waals surface area contributed by atoms with Crippen LogP contribution in [0.5, 0.6) is 0 Å². The minimum Gasteiger partial charge on any atom is -0.366 e. The molecule has 0 aliphatic rings. The van der Waals surface area contributed by atoms with Gasteiger partial charge in [0.1, 0.15) is 17.2 Å². The van der Waals surface area contributed by atoms with Gasteiger partial charge in [0, 0.05) is 30.8 Å². The van der Waals surface area contributed by atoms with Gasteiger partial charge in [-0.3, -0.25) is 9.78 Å². The molecule has 134 valence electrons. The molecule has 3 aromatic heterocycles. The van der Waals surface area contributed by atoms with Crippen molar-refractivity contribution < 1.29 is 9.18 Å². The lowest BCUT2D eigenvalue weighted by Gasteiger charge is -2.07. The first-order valence-corrected chi connectivity index (χ1v) is 8.23. The third-order valence-corrected chi connectivity index (χ3v) is 3.89. The van der Waals surface area contributed by atoms with E-state index in [0.717, 1.165) is 5.56 Å². The molecule has 7 nitrogen and oxygen atoms in total. The maximum Gasteiger partial charge on any atom is 0.261 e. The number of nitrogens with one attached hydrogen (secondary N) is 2. The highest BCUT2D eigenvalue weighted by Gasteiger charge is 2.15. The van der Waals surface area contributed by atoms with Crippen LogP contribution in [-0.4, -0.2) is 25.5 Å². The summed E-state index contributed by atoms with van der Waals surface area (Å²) in [5.41, 5.74) is 2.08. The van der Waals surface area contributed by atoms with Gasteiger partial charge < -0.3 is 10.6 Å². The molecule has 0 fully saturated rings. The van der Waals surface area contributed by atoms with Gasteiger partial charge in [-0.1, -0.05) is 12.1 Å². The second-order valence-electron chi connectivity index (χ2n) is 5.82. The van der Waals surface area contributed by atoms with Crippen molar-refractivity contribution in [2.45, 2.75) is 6.54 Å². The summed E-state index contributed by atoms with van der Waals surface area (Å²) >= 11 is 0. The van der Waals surface area contributed by atoms with Gasteiger partial charge in [-0.25, -0.2) is 13.9 Å². The SMILES string of the molecule is O=C(Nc1cccc(F)c1)c1cnn2ccc(NCc3cccnc3)nc12. The number of anilines is 2. The van der Waals surface area contributed by atoms with Crippen LogP contribution in [0.1, 0.15) is 15.9 Å². The fraction of sp³-hybridized carbons (Fsp3) is 0.0526. The van der Waals surface area contributed by atoms with Gasteiger partial charge in [0.2, 0.25) is 0 Å². The molecule has 3 heterocycles. The Labute approximate surface area is 153 Å². The van der Waals surface area contributed by atoms with Crippen LogP contribution >= 0.6 is 0 Å². The number of carbonyl (C=O) groups is 1. The number of halogens is 1. The minimum atomic E-state index is -0.423. The molecule has 0 saturated heterocycles. The lowest BCUT2D eigenvalue weighted by molar-refractivity contribution is 0.102. The zero-order chi connectivity index (χ0) is 18.6. The van der Waals surface area contributed by atoms with Gasteiger partial charge in [0.15, 0.2) is 5.65 Å². The number of rotatable bonds is 5. The maximum absolute atomic E-state index is 13.3. The molecule has 0 radical (unpaired) electrons. The van der Waals surface area contributed by atoms with E-state index in [-0.39, 0.29) is 0 Å². The molecule has 0 atom stereocenters. The smallest absolute Gasteiger partial charge is 0.261 e. The molecule has 0 saturated carbocycles. The highest BCUT2D eigenvalue weighted by atomic mass is 19.1. The predicted octanol–water partition coefficient (Wildman–Crippen LogP) is 3.13. The molecular weight excluding hydrogens is 347 g/mol. The van der Waals surface area contributed by atoms with Gasteiger partial charge in [0.05, 0.1) is 6.20 Å². The van der Waals surface area contributed by atoms with Crippen molar-refractivity contribution in [1.82, 2.24) is 19.6 Å². The number of benzene rings is 1. The van der Waals surface area contributed by atoms with Crippen molar-refractivity contribution in [1.29, 1.82) is 0 Å². The normalized spacial score (nSPS) is 10.7. The first-order chi connectivity index (χ1) is 13.2. The van der Waals surface area contributed by atoms with E-state index < -0.39 is 11.7 Å². The van der Waals surface area contributed by atoms with Crippen LogP contribution in [0.2, 0.25) is 0 Å². The third kappa shape index (κ3) is 3.74. The number of pyridine rings is 1. The summed E-state index contributed by atoms with van der Waals surface area (Å²) in [6.45, 7) is 0.552. The number of carbonyl (C=O) groups excluding carboxylic acids is 1. The Bertz CT molecular complexity index is 1100. The third-order valence-electron chi connectivity index (χ3n) is 3.89. The summed E-state index contributed by atoms with van der Waals surface area (Å²) in [7, 11) is 0. The lowest BCUT2D eigenvalue weighted by atomic mass is 10.2. The Morgan fingerprint density at radius 2 is 2.07 bits per heavy atom. The second kappa shape index (κ2) is 7.20. The fourth-order valence-corrected chi connectivity index (χ4v) is 2.59. The molecule has 0 aliphatic heterocycles. The van der Waals surface area contributed by atoms with Crippen molar-refractivity contribution in [3.63, 3.8) is 0 Å². The lowest BCUT2D eigenvalue weighted by Crippen LogP contribution is -2.12. The Kier molecular flexibility index (Phi) is 4.44. The number of amides is 1. The highest BCUT2D eigenvalue weighted by molar-refractivity contribution is 6.08. The number of fused-ring (bicyclic) bond motifs is 1. The van der Waals surface area contributed by atoms with Crippen LogP contribution in [0.4, 0.5) is 15.9 Å². The molecule has 0 bridgehead atoms. The van der Waals surface area contributed by atoms with Gasteiger partial charge in [-0.2, -0.15) is 5.10 Å². The molecule has 8 heteroatoms. The monoisotopic (exact) mass is 362 g/mol. The van der Waals surface area contributed by atoms with E-state index in [1.54, 1.807) is 30.7 Å². The first-order valence-electron chi connectivity index (χ1n) is 8.23. The molecule has 1 aromatic carbocycles. The quantitative estimate of drug-likeness (QED) is 0.570. The van der Waals surface area contributed by atoms with Crippen molar-refractivity contribution in [3.05, 3.63) is 84.2 Å². The van der Waals surface area contributed by atoms with Crippen LogP contribution < -0.4 is 10.6 Å². The molecule has 0 aliphatic carbocycles. The predicted molar refractivity (Wildman–Crippen MR) is 98.9 cm³/mol. The van der Waals surface area contributed by atoms with Gasteiger partial charge in [-0.15, -0.1) is 0 Å². The van der Waals surface area contributed by atoms with E-state index in [0.29, 0.717) is 29.3 Å². The Hall–Kier alpha value is -3.81. The van der Waals surface area contributed by atoms with Gasteiger partial charge in [0.25, 0.3) is 5.91 Å². The zero-order valence-electron chi connectivity index (χ0n) is 14.1. The number of aromatic nitrogens is 4. The molecule has 4 rings (SSSR count). The second-order valence-corrected chi connectivity index (χ2v) is 5.82. The standard InChI is InChI=1S/C19H15FN6O/c20-14-4-1-5-15(9-14)24-19(27)16-12-23-26-8-6-17(25-18(16)26)22-11-13-3-2-7-21-10-13/h1-10,12H,11H2,(H,22,25)(H,24,27). The largest absolute Gasteiger partial charge is 0.366 e. The topological polar surface area (TPSA) is 84.2 Å². The summed E-state index contributed by atoms with van der Waals surface area (Å²) < 4.78 is 14.8. The Morgan fingerprint density at radius 1 is 1.15 bits per heavy atom. The van der Waals surface area contributed by atoms with E-state index in [1.165, 1.54) is 28.9 Å². The van der Waals surface area contributed by atoms with Crippen molar-refractivity contribution in [2.75, 3.05) is 10.6 Å². The number of nitrogens with zero attached hydrogens (tertiary/aromatic N) is 4. The van der Waals surface area contributed by atoms with E-state index in [1.807, 2.05) is 12.1 Å². The Morgan fingerprint density at radius 3 is 2.89 bits per heavy atom. The molecule has 27 heavy (non-hydrogen) atoms.